The first-order chi connectivity index (χ1) is 9.74. The van der Waals surface area contributed by atoms with Gasteiger partial charge in [0, 0.05) is 6.04 Å². The van der Waals surface area contributed by atoms with Crippen molar-refractivity contribution >= 4 is 44.9 Å². The Labute approximate surface area is 123 Å². The number of amides is 1. The molecular formula is C13H13N3O2S2. The molecule has 0 bridgehead atoms. The van der Waals surface area contributed by atoms with Crippen molar-refractivity contribution in [3.8, 4) is 0 Å². The van der Waals surface area contributed by atoms with Crippen LogP contribution in [0.3, 0.4) is 0 Å². The van der Waals surface area contributed by atoms with E-state index in [0.29, 0.717) is 22.0 Å². The Morgan fingerprint density at radius 3 is 2.90 bits per heavy atom. The van der Waals surface area contributed by atoms with Crippen LogP contribution >= 0.6 is 23.1 Å². The predicted octanol–water partition coefficient (Wildman–Crippen LogP) is 2.62. The van der Waals surface area contributed by atoms with Gasteiger partial charge in [0.05, 0.1) is 22.0 Å². The van der Waals surface area contributed by atoms with Gasteiger partial charge in [0.2, 0.25) is 5.91 Å². The molecule has 0 spiro atoms. The number of hydrogen-bond acceptors (Lipinski definition) is 5. The molecule has 0 unspecified atom stereocenters. The Morgan fingerprint density at radius 1 is 1.30 bits per heavy atom. The zero-order valence-corrected chi connectivity index (χ0v) is 12.4. The molecular weight excluding hydrogens is 294 g/mol. The summed E-state index contributed by atoms with van der Waals surface area (Å²) in [5, 5.41) is 2.84. The van der Waals surface area contributed by atoms with Gasteiger partial charge in [-0.25, -0.2) is 4.98 Å². The SMILES string of the molecule is O=C1CSc2sc3c(=O)n(C4CCCC4)cnc3c2N1. The molecule has 1 fully saturated rings. The fraction of sp³-hybridized carbons (Fsp3) is 0.462. The Balaban J connectivity index is 1.90. The molecule has 1 aliphatic heterocycles. The van der Waals surface area contributed by atoms with Crippen LogP contribution in [0.1, 0.15) is 31.7 Å². The minimum atomic E-state index is -0.0241. The summed E-state index contributed by atoms with van der Waals surface area (Å²) in [4.78, 5) is 28.6. The van der Waals surface area contributed by atoms with E-state index < -0.39 is 0 Å². The van der Waals surface area contributed by atoms with Crippen LogP contribution in [0.5, 0.6) is 0 Å². The topological polar surface area (TPSA) is 64.0 Å². The fourth-order valence-corrected chi connectivity index (χ4v) is 5.09. The third-order valence-corrected chi connectivity index (χ3v) is 6.35. The van der Waals surface area contributed by atoms with Gasteiger partial charge >= 0.3 is 0 Å². The Morgan fingerprint density at radius 2 is 2.10 bits per heavy atom. The monoisotopic (exact) mass is 307 g/mol. The zero-order valence-electron chi connectivity index (χ0n) is 10.7. The lowest BCUT2D eigenvalue weighted by atomic mass is 10.2. The van der Waals surface area contributed by atoms with Gasteiger partial charge in [0.15, 0.2) is 0 Å². The van der Waals surface area contributed by atoms with Crippen molar-refractivity contribution in [2.24, 2.45) is 0 Å². The number of thioether (sulfide) groups is 1. The lowest BCUT2D eigenvalue weighted by Crippen LogP contribution is -2.23. The van der Waals surface area contributed by atoms with Crippen molar-refractivity contribution in [3.05, 3.63) is 16.7 Å². The van der Waals surface area contributed by atoms with Crippen LogP contribution in [0.15, 0.2) is 15.3 Å². The summed E-state index contributed by atoms with van der Waals surface area (Å²) in [6.45, 7) is 0. The molecule has 1 amide bonds. The van der Waals surface area contributed by atoms with E-state index in [-0.39, 0.29) is 11.5 Å². The molecule has 0 radical (unpaired) electrons. The van der Waals surface area contributed by atoms with E-state index >= 15 is 0 Å². The van der Waals surface area contributed by atoms with E-state index in [9.17, 15) is 9.59 Å². The van der Waals surface area contributed by atoms with Crippen molar-refractivity contribution in [2.45, 2.75) is 35.9 Å². The number of fused-ring (bicyclic) bond motifs is 3. The number of nitrogens with zero attached hydrogens (tertiary/aromatic N) is 2. The van der Waals surface area contributed by atoms with E-state index in [1.807, 2.05) is 0 Å². The second-order valence-electron chi connectivity index (χ2n) is 5.17. The van der Waals surface area contributed by atoms with Crippen LogP contribution in [0, 0.1) is 0 Å². The number of carbonyl (C=O) groups excluding carboxylic acids is 1. The number of rotatable bonds is 1. The maximum Gasteiger partial charge on any atom is 0.271 e. The minimum absolute atomic E-state index is 0.0241. The summed E-state index contributed by atoms with van der Waals surface area (Å²) >= 11 is 2.94. The summed E-state index contributed by atoms with van der Waals surface area (Å²) < 4.78 is 3.44. The lowest BCUT2D eigenvalue weighted by Gasteiger charge is -2.13. The molecule has 1 N–H and O–H groups in total. The van der Waals surface area contributed by atoms with Crippen LogP contribution < -0.4 is 10.9 Å². The molecule has 3 heterocycles. The van der Waals surface area contributed by atoms with Crippen LogP contribution in [-0.2, 0) is 4.79 Å². The molecule has 20 heavy (non-hydrogen) atoms. The first-order valence-electron chi connectivity index (χ1n) is 6.70. The zero-order chi connectivity index (χ0) is 13.7. The molecule has 0 atom stereocenters. The third-order valence-electron chi connectivity index (χ3n) is 3.91. The largest absolute Gasteiger partial charge is 0.322 e. The van der Waals surface area contributed by atoms with Crippen molar-refractivity contribution in [2.75, 3.05) is 11.1 Å². The highest BCUT2D eigenvalue weighted by molar-refractivity contribution is 8.02. The quantitative estimate of drug-likeness (QED) is 0.879. The molecule has 4 rings (SSSR count). The molecule has 2 aliphatic rings. The van der Waals surface area contributed by atoms with Gasteiger partial charge in [0.25, 0.3) is 5.56 Å². The molecule has 1 saturated carbocycles. The van der Waals surface area contributed by atoms with E-state index in [2.05, 4.69) is 10.3 Å². The number of nitrogens with one attached hydrogen (secondary N) is 1. The smallest absolute Gasteiger partial charge is 0.271 e. The highest BCUT2D eigenvalue weighted by atomic mass is 32.2. The molecule has 0 saturated heterocycles. The van der Waals surface area contributed by atoms with E-state index in [0.717, 1.165) is 22.7 Å². The number of carbonyl (C=O) groups is 1. The maximum atomic E-state index is 12.6. The number of aromatic nitrogens is 2. The van der Waals surface area contributed by atoms with Gasteiger partial charge in [-0.2, -0.15) is 0 Å². The van der Waals surface area contributed by atoms with E-state index in [1.165, 1.54) is 35.9 Å². The normalized spacial score (nSPS) is 19.3. The van der Waals surface area contributed by atoms with Crippen molar-refractivity contribution in [1.82, 2.24) is 9.55 Å². The summed E-state index contributed by atoms with van der Waals surface area (Å²) in [6.07, 6.45) is 6.14. The Bertz CT molecular complexity index is 759. The number of thiophene rings is 1. The average Bonchev–Trinajstić information content (AvgIpc) is 3.07. The summed E-state index contributed by atoms with van der Waals surface area (Å²) in [5.41, 5.74) is 1.41. The number of hydrogen-bond donors (Lipinski definition) is 1. The second kappa shape index (κ2) is 4.60. The molecule has 0 aromatic carbocycles. The van der Waals surface area contributed by atoms with Crippen LogP contribution in [0.2, 0.25) is 0 Å². The number of anilines is 1. The summed E-state index contributed by atoms with van der Waals surface area (Å²) in [5.74, 6) is 0.389. The van der Waals surface area contributed by atoms with Gasteiger partial charge < -0.3 is 5.32 Å². The molecule has 2 aromatic heterocycles. The first-order valence-corrected chi connectivity index (χ1v) is 8.50. The van der Waals surface area contributed by atoms with Crippen LogP contribution in [-0.4, -0.2) is 21.2 Å². The minimum Gasteiger partial charge on any atom is -0.322 e. The van der Waals surface area contributed by atoms with Crippen LogP contribution in [0.4, 0.5) is 5.69 Å². The first kappa shape index (κ1) is 12.4. The predicted molar refractivity (Wildman–Crippen MR) is 80.7 cm³/mol. The van der Waals surface area contributed by atoms with Gasteiger partial charge in [-0.15, -0.1) is 23.1 Å². The maximum absolute atomic E-state index is 12.6. The second-order valence-corrected chi connectivity index (χ2v) is 7.44. The fourth-order valence-electron chi connectivity index (χ4n) is 2.92. The Kier molecular flexibility index (Phi) is 2.85. The van der Waals surface area contributed by atoms with Crippen molar-refractivity contribution in [1.29, 1.82) is 0 Å². The lowest BCUT2D eigenvalue weighted by molar-refractivity contribution is -0.113. The van der Waals surface area contributed by atoms with Crippen molar-refractivity contribution < 1.29 is 4.79 Å². The molecule has 5 nitrogen and oxygen atoms in total. The molecule has 2 aromatic rings. The highest BCUT2D eigenvalue weighted by Gasteiger charge is 2.25. The van der Waals surface area contributed by atoms with Crippen LogP contribution in [0.25, 0.3) is 10.2 Å². The highest BCUT2D eigenvalue weighted by Crippen LogP contribution is 2.42. The van der Waals surface area contributed by atoms with Gasteiger partial charge in [-0.05, 0) is 12.8 Å². The van der Waals surface area contributed by atoms with E-state index in [1.54, 1.807) is 10.9 Å². The molecule has 7 heteroatoms. The van der Waals surface area contributed by atoms with Crippen molar-refractivity contribution in [3.63, 3.8) is 0 Å². The Hall–Kier alpha value is -1.34. The average molecular weight is 307 g/mol. The molecule has 104 valence electrons. The molecule has 1 aliphatic carbocycles. The van der Waals surface area contributed by atoms with Gasteiger partial charge in [-0.3, -0.25) is 14.2 Å². The summed E-state index contributed by atoms with van der Waals surface area (Å²) in [7, 11) is 0. The van der Waals surface area contributed by atoms with Gasteiger partial charge in [0.1, 0.15) is 10.2 Å². The van der Waals surface area contributed by atoms with Gasteiger partial charge in [-0.1, -0.05) is 12.8 Å². The third kappa shape index (κ3) is 1.80. The standard InChI is InChI=1S/C13H13N3O2S2/c17-8-5-19-13-10(15-8)9-11(20-13)12(18)16(6-14-9)7-3-1-2-4-7/h6-7H,1-5H2,(H,15,17). The van der Waals surface area contributed by atoms with E-state index in [4.69, 9.17) is 0 Å². The summed E-state index contributed by atoms with van der Waals surface area (Å²) in [6, 6.07) is 0.292.